The van der Waals surface area contributed by atoms with Crippen LogP contribution in [0.4, 0.5) is 5.69 Å². The Balaban J connectivity index is 1.78. The van der Waals surface area contributed by atoms with Gasteiger partial charge in [0, 0.05) is 12.7 Å². The number of nitrogens with two attached hydrogens (primary N) is 1. The minimum absolute atomic E-state index is 0.770. The van der Waals surface area contributed by atoms with Crippen LogP contribution in [0.5, 0.6) is 0 Å². The summed E-state index contributed by atoms with van der Waals surface area (Å²) in [7, 11) is 0. The van der Waals surface area contributed by atoms with Crippen molar-refractivity contribution in [1.82, 2.24) is 9.78 Å². The summed E-state index contributed by atoms with van der Waals surface area (Å²) in [6, 6.07) is 0. The van der Waals surface area contributed by atoms with Crippen LogP contribution in [0, 0.1) is 5.92 Å². The number of nitrogen functional groups attached to an aromatic ring is 1. The number of aromatic nitrogens is 2. The molecule has 0 aliphatic heterocycles. The second-order valence-corrected chi connectivity index (χ2v) is 3.98. The number of aryl methyl sites for hydroxylation is 1. The second-order valence-electron chi connectivity index (χ2n) is 3.98. The highest BCUT2D eigenvalue weighted by atomic mass is 15.3. The van der Waals surface area contributed by atoms with Gasteiger partial charge in [-0.15, -0.1) is 0 Å². The molecule has 0 radical (unpaired) electrons. The monoisotopic (exact) mass is 179 g/mol. The zero-order valence-electron chi connectivity index (χ0n) is 7.95. The molecule has 0 saturated heterocycles. The molecule has 13 heavy (non-hydrogen) atoms. The van der Waals surface area contributed by atoms with Crippen molar-refractivity contribution in [3.63, 3.8) is 0 Å². The Morgan fingerprint density at radius 2 is 2.23 bits per heavy atom. The zero-order chi connectivity index (χ0) is 9.10. The molecule has 1 aromatic heterocycles. The lowest BCUT2D eigenvalue weighted by Gasteiger charge is -2.07. The van der Waals surface area contributed by atoms with Gasteiger partial charge in [0.1, 0.15) is 0 Å². The molecule has 1 heterocycles. The van der Waals surface area contributed by atoms with Gasteiger partial charge in [-0.25, -0.2) is 0 Å². The van der Waals surface area contributed by atoms with E-state index < -0.39 is 0 Å². The zero-order valence-corrected chi connectivity index (χ0v) is 7.95. The summed E-state index contributed by atoms with van der Waals surface area (Å²) in [5, 5.41) is 4.17. The fraction of sp³-hybridized carbons (Fsp3) is 0.700. The van der Waals surface area contributed by atoms with Crippen LogP contribution in [0.25, 0.3) is 0 Å². The highest BCUT2D eigenvalue weighted by Crippen LogP contribution is 2.27. The third-order valence-electron chi connectivity index (χ3n) is 2.89. The Morgan fingerprint density at radius 3 is 2.85 bits per heavy atom. The first-order valence-electron chi connectivity index (χ1n) is 5.12. The van der Waals surface area contributed by atoms with E-state index in [1.807, 2.05) is 10.9 Å². The Morgan fingerprint density at radius 1 is 1.46 bits per heavy atom. The molecule has 0 unspecified atom stereocenters. The number of nitrogens with zero attached hydrogens (tertiary/aromatic N) is 2. The van der Waals surface area contributed by atoms with Crippen LogP contribution in [0.1, 0.15) is 32.1 Å². The number of hydrogen-bond acceptors (Lipinski definition) is 2. The molecule has 2 N–H and O–H groups in total. The van der Waals surface area contributed by atoms with Crippen LogP contribution >= 0.6 is 0 Å². The summed E-state index contributed by atoms with van der Waals surface area (Å²) >= 11 is 0. The highest BCUT2D eigenvalue weighted by molar-refractivity contribution is 5.30. The number of anilines is 1. The van der Waals surface area contributed by atoms with Crippen LogP contribution in [0.15, 0.2) is 12.4 Å². The molecule has 1 fully saturated rings. The minimum Gasteiger partial charge on any atom is -0.396 e. The van der Waals surface area contributed by atoms with Gasteiger partial charge >= 0.3 is 0 Å². The molecule has 0 aromatic carbocycles. The molecule has 1 saturated carbocycles. The van der Waals surface area contributed by atoms with E-state index in [4.69, 9.17) is 5.73 Å². The quantitative estimate of drug-likeness (QED) is 0.771. The predicted octanol–water partition coefficient (Wildman–Crippen LogP) is 2.05. The van der Waals surface area contributed by atoms with E-state index in [1.165, 1.54) is 32.1 Å². The van der Waals surface area contributed by atoms with Crippen molar-refractivity contribution >= 4 is 5.69 Å². The van der Waals surface area contributed by atoms with Crippen molar-refractivity contribution in [1.29, 1.82) is 0 Å². The average Bonchev–Trinajstić information content (AvgIpc) is 2.71. The van der Waals surface area contributed by atoms with E-state index in [0.717, 1.165) is 18.2 Å². The van der Waals surface area contributed by atoms with Gasteiger partial charge < -0.3 is 5.73 Å². The molecule has 3 nitrogen and oxygen atoms in total. The maximum Gasteiger partial charge on any atom is 0.0719 e. The lowest BCUT2D eigenvalue weighted by atomic mass is 10.0. The van der Waals surface area contributed by atoms with Gasteiger partial charge in [0.05, 0.1) is 11.9 Å². The Kier molecular flexibility index (Phi) is 2.52. The van der Waals surface area contributed by atoms with E-state index in [0.29, 0.717) is 0 Å². The largest absolute Gasteiger partial charge is 0.396 e. The van der Waals surface area contributed by atoms with Gasteiger partial charge in [-0.1, -0.05) is 25.7 Å². The van der Waals surface area contributed by atoms with Crippen LogP contribution in [-0.4, -0.2) is 9.78 Å². The molecule has 2 rings (SSSR count). The summed E-state index contributed by atoms with van der Waals surface area (Å²) in [6.07, 6.45) is 10.6. The van der Waals surface area contributed by atoms with Crippen LogP contribution < -0.4 is 5.73 Å². The van der Waals surface area contributed by atoms with Crippen LogP contribution in [0.2, 0.25) is 0 Å². The smallest absolute Gasteiger partial charge is 0.0719 e. The van der Waals surface area contributed by atoms with E-state index >= 15 is 0 Å². The maximum atomic E-state index is 5.58. The van der Waals surface area contributed by atoms with Crippen molar-refractivity contribution in [2.24, 2.45) is 5.92 Å². The van der Waals surface area contributed by atoms with Gasteiger partial charge in [0.2, 0.25) is 0 Å². The van der Waals surface area contributed by atoms with Crippen LogP contribution in [-0.2, 0) is 6.54 Å². The Bertz CT molecular complexity index is 261. The molecule has 1 aliphatic rings. The number of hydrogen-bond donors (Lipinski definition) is 1. The molecule has 0 amide bonds. The second kappa shape index (κ2) is 3.81. The van der Waals surface area contributed by atoms with Gasteiger partial charge in [0.15, 0.2) is 0 Å². The van der Waals surface area contributed by atoms with Crippen molar-refractivity contribution in [2.75, 3.05) is 5.73 Å². The first-order chi connectivity index (χ1) is 6.34. The van der Waals surface area contributed by atoms with Crippen molar-refractivity contribution in [3.8, 4) is 0 Å². The Hall–Kier alpha value is -0.990. The molecule has 1 aromatic rings. The van der Waals surface area contributed by atoms with Gasteiger partial charge in [-0.05, 0) is 12.3 Å². The highest BCUT2D eigenvalue weighted by Gasteiger charge is 2.14. The van der Waals surface area contributed by atoms with E-state index in [9.17, 15) is 0 Å². The summed E-state index contributed by atoms with van der Waals surface area (Å²) in [5.41, 5.74) is 6.35. The average molecular weight is 179 g/mol. The summed E-state index contributed by atoms with van der Waals surface area (Å²) in [6.45, 7) is 1.03. The molecule has 0 atom stereocenters. The number of rotatable bonds is 3. The SMILES string of the molecule is Nc1cnn(CCC2CCCC2)c1. The van der Waals surface area contributed by atoms with Crippen molar-refractivity contribution in [3.05, 3.63) is 12.4 Å². The van der Waals surface area contributed by atoms with Crippen molar-refractivity contribution in [2.45, 2.75) is 38.6 Å². The Labute approximate surface area is 78.9 Å². The third kappa shape index (κ3) is 2.23. The molecular weight excluding hydrogens is 162 g/mol. The predicted molar refractivity (Wildman–Crippen MR) is 53.2 cm³/mol. The van der Waals surface area contributed by atoms with E-state index in [2.05, 4.69) is 5.10 Å². The first kappa shape index (κ1) is 8.60. The van der Waals surface area contributed by atoms with E-state index in [-0.39, 0.29) is 0 Å². The van der Waals surface area contributed by atoms with E-state index in [1.54, 1.807) is 6.20 Å². The summed E-state index contributed by atoms with van der Waals surface area (Å²) in [5.74, 6) is 0.936. The standard InChI is InChI=1S/C10H17N3/c11-10-7-12-13(8-10)6-5-9-3-1-2-4-9/h7-9H,1-6,11H2. The van der Waals surface area contributed by atoms with Crippen molar-refractivity contribution < 1.29 is 0 Å². The molecule has 0 spiro atoms. The van der Waals surface area contributed by atoms with Gasteiger partial charge in [0.25, 0.3) is 0 Å². The summed E-state index contributed by atoms with van der Waals surface area (Å²) < 4.78 is 1.95. The first-order valence-corrected chi connectivity index (χ1v) is 5.12. The van der Waals surface area contributed by atoms with Gasteiger partial charge in [-0.2, -0.15) is 5.10 Å². The molecule has 1 aliphatic carbocycles. The molecular formula is C10H17N3. The third-order valence-corrected chi connectivity index (χ3v) is 2.89. The van der Waals surface area contributed by atoms with Crippen LogP contribution in [0.3, 0.4) is 0 Å². The normalized spacial score (nSPS) is 18.2. The fourth-order valence-corrected chi connectivity index (χ4v) is 2.12. The molecule has 0 bridgehead atoms. The molecule has 72 valence electrons. The summed E-state index contributed by atoms with van der Waals surface area (Å²) in [4.78, 5) is 0. The topological polar surface area (TPSA) is 43.8 Å². The minimum atomic E-state index is 0.770. The molecule has 3 heteroatoms. The maximum absolute atomic E-state index is 5.58. The van der Waals surface area contributed by atoms with Gasteiger partial charge in [-0.3, -0.25) is 4.68 Å². The lowest BCUT2D eigenvalue weighted by molar-refractivity contribution is 0.440. The fourth-order valence-electron chi connectivity index (χ4n) is 2.12. The lowest BCUT2D eigenvalue weighted by Crippen LogP contribution is -2.03.